The minimum Gasteiger partial charge on any atom is -0.393 e. The summed E-state index contributed by atoms with van der Waals surface area (Å²) in [5.74, 6) is 8.07. The molecule has 38 heavy (non-hydrogen) atoms. The van der Waals surface area contributed by atoms with E-state index in [2.05, 4.69) is 41.7 Å². The topological polar surface area (TPSA) is 118 Å². The van der Waals surface area contributed by atoms with Gasteiger partial charge in [0, 0.05) is 68.6 Å². The Labute approximate surface area is 219 Å². The lowest BCUT2D eigenvalue weighted by Crippen LogP contribution is -2.56. The molecule has 0 saturated carbocycles. The summed E-state index contributed by atoms with van der Waals surface area (Å²) in [5.41, 5.74) is 1.46. The van der Waals surface area contributed by atoms with E-state index in [0.29, 0.717) is 37.1 Å². The quantitative estimate of drug-likeness (QED) is 0.344. The Hall–Kier alpha value is -4.47. The lowest BCUT2D eigenvalue weighted by molar-refractivity contribution is 0.0447. The molecular weight excluding hydrogens is 489 g/mol. The molecule has 4 aromatic heterocycles. The number of aliphatic hydroxyl groups excluding tert-OH is 1. The average Bonchev–Trinajstić information content (AvgIpc) is 3.52. The van der Waals surface area contributed by atoms with E-state index in [1.165, 1.54) is 0 Å². The number of aromatic nitrogens is 7. The molecule has 2 atom stereocenters. The number of aliphatic hydroxyl groups is 1. The summed E-state index contributed by atoms with van der Waals surface area (Å²) in [4.78, 5) is 30.3. The highest BCUT2D eigenvalue weighted by atomic mass is 19.1. The molecule has 11 nitrogen and oxygen atoms in total. The van der Waals surface area contributed by atoms with Crippen LogP contribution >= 0.6 is 0 Å². The molecule has 12 heteroatoms. The lowest BCUT2D eigenvalue weighted by atomic mass is 10.2. The van der Waals surface area contributed by atoms with Crippen molar-refractivity contribution in [3.05, 3.63) is 79.0 Å². The zero-order valence-electron chi connectivity index (χ0n) is 20.5. The number of pyridine rings is 1. The summed E-state index contributed by atoms with van der Waals surface area (Å²) in [7, 11) is 0. The highest BCUT2D eigenvalue weighted by Crippen LogP contribution is 2.19. The Morgan fingerprint density at radius 1 is 0.974 bits per heavy atom. The van der Waals surface area contributed by atoms with Crippen LogP contribution in [-0.2, 0) is 4.74 Å². The number of halogens is 1. The molecule has 1 aliphatic heterocycles. The summed E-state index contributed by atoms with van der Waals surface area (Å²) < 4.78 is 20.8. The van der Waals surface area contributed by atoms with E-state index < -0.39 is 12.8 Å². The van der Waals surface area contributed by atoms with Gasteiger partial charge < -0.3 is 19.6 Å². The van der Waals surface area contributed by atoms with E-state index >= 15 is 0 Å². The summed E-state index contributed by atoms with van der Waals surface area (Å²) in [5, 5.41) is 8.94. The SMILES string of the molecule is OCC(F)COC[C@H]1CN(c2ncc(C#Cc3ccc(-n4ccnc4)nc3)cn2)CCN1c1ncccn1. The van der Waals surface area contributed by atoms with E-state index in [9.17, 15) is 4.39 Å². The maximum absolute atomic E-state index is 13.5. The number of nitrogens with zero attached hydrogens (tertiary/aromatic N) is 9. The van der Waals surface area contributed by atoms with Crippen LogP contribution in [0.4, 0.5) is 16.3 Å². The molecule has 0 aromatic carbocycles. The van der Waals surface area contributed by atoms with Crippen LogP contribution in [-0.4, -0.2) is 91.2 Å². The molecule has 0 bridgehead atoms. The number of rotatable bonds is 8. The van der Waals surface area contributed by atoms with Gasteiger partial charge in [-0.15, -0.1) is 0 Å². The van der Waals surface area contributed by atoms with Gasteiger partial charge in [0.25, 0.3) is 0 Å². The van der Waals surface area contributed by atoms with Crippen molar-refractivity contribution in [2.75, 3.05) is 49.3 Å². The van der Waals surface area contributed by atoms with Crippen molar-refractivity contribution in [3.63, 3.8) is 0 Å². The molecule has 1 unspecified atom stereocenters. The fourth-order valence-electron chi connectivity index (χ4n) is 3.97. The van der Waals surface area contributed by atoms with Crippen LogP contribution in [0.15, 0.2) is 67.9 Å². The van der Waals surface area contributed by atoms with Crippen molar-refractivity contribution in [1.29, 1.82) is 0 Å². The maximum atomic E-state index is 13.5. The third-order valence-corrected chi connectivity index (χ3v) is 5.89. The van der Waals surface area contributed by atoms with Crippen LogP contribution in [0.1, 0.15) is 11.1 Å². The first kappa shape index (κ1) is 25.2. The predicted molar refractivity (Wildman–Crippen MR) is 138 cm³/mol. The van der Waals surface area contributed by atoms with E-state index in [0.717, 1.165) is 11.4 Å². The van der Waals surface area contributed by atoms with E-state index in [1.807, 2.05) is 32.7 Å². The Kier molecular flexibility index (Phi) is 8.07. The molecule has 0 amide bonds. The zero-order valence-corrected chi connectivity index (χ0v) is 20.5. The third kappa shape index (κ3) is 6.26. The highest BCUT2D eigenvalue weighted by molar-refractivity contribution is 5.44. The summed E-state index contributed by atoms with van der Waals surface area (Å²) in [6, 6.07) is 5.38. The normalized spacial score (nSPS) is 16.1. The lowest BCUT2D eigenvalue weighted by Gasteiger charge is -2.41. The van der Waals surface area contributed by atoms with Gasteiger partial charge in [-0.1, -0.05) is 11.8 Å². The van der Waals surface area contributed by atoms with Crippen LogP contribution in [0.3, 0.4) is 0 Å². The third-order valence-electron chi connectivity index (χ3n) is 5.89. The Morgan fingerprint density at radius 3 is 2.47 bits per heavy atom. The van der Waals surface area contributed by atoms with Crippen molar-refractivity contribution in [1.82, 2.24) is 34.5 Å². The first-order valence-corrected chi connectivity index (χ1v) is 12.1. The number of piperazine rings is 1. The summed E-state index contributed by atoms with van der Waals surface area (Å²) >= 11 is 0. The minimum absolute atomic E-state index is 0.155. The number of alkyl halides is 1. The highest BCUT2D eigenvalue weighted by Gasteiger charge is 2.30. The first-order valence-electron chi connectivity index (χ1n) is 12.1. The van der Waals surface area contributed by atoms with Gasteiger partial charge in [0.1, 0.15) is 18.3 Å². The predicted octanol–water partition coefficient (Wildman–Crippen LogP) is 1.29. The van der Waals surface area contributed by atoms with Crippen molar-refractivity contribution >= 4 is 11.9 Å². The molecule has 5 heterocycles. The van der Waals surface area contributed by atoms with Gasteiger partial charge in [0.05, 0.1) is 31.4 Å². The molecular formula is C26H26FN9O2. The van der Waals surface area contributed by atoms with Gasteiger partial charge in [0.15, 0.2) is 0 Å². The van der Waals surface area contributed by atoms with Gasteiger partial charge in [-0.25, -0.2) is 34.3 Å². The molecule has 4 aromatic rings. The van der Waals surface area contributed by atoms with Gasteiger partial charge in [-0.3, -0.25) is 4.57 Å². The van der Waals surface area contributed by atoms with E-state index in [1.54, 1.807) is 49.6 Å². The van der Waals surface area contributed by atoms with Gasteiger partial charge in [0.2, 0.25) is 11.9 Å². The second kappa shape index (κ2) is 12.2. The molecule has 1 N–H and O–H groups in total. The number of hydrogen-bond acceptors (Lipinski definition) is 10. The fraction of sp³-hybridized carbons (Fsp3) is 0.308. The smallest absolute Gasteiger partial charge is 0.225 e. The number of imidazole rings is 1. The van der Waals surface area contributed by atoms with Gasteiger partial charge in [-0.05, 0) is 18.2 Å². The first-order chi connectivity index (χ1) is 18.7. The molecule has 5 rings (SSSR count). The molecule has 0 aliphatic carbocycles. The molecule has 1 fully saturated rings. The van der Waals surface area contributed by atoms with Gasteiger partial charge >= 0.3 is 0 Å². The number of ether oxygens (including phenoxy) is 1. The van der Waals surface area contributed by atoms with Crippen molar-refractivity contribution in [2.45, 2.75) is 12.2 Å². The number of anilines is 2. The molecule has 194 valence electrons. The van der Waals surface area contributed by atoms with Crippen LogP contribution in [0.5, 0.6) is 0 Å². The van der Waals surface area contributed by atoms with Crippen LogP contribution in [0.25, 0.3) is 5.82 Å². The van der Waals surface area contributed by atoms with Crippen LogP contribution in [0.2, 0.25) is 0 Å². The molecule has 0 radical (unpaired) electrons. The molecule has 0 spiro atoms. The van der Waals surface area contributed by atoms with Crippen molar-refractivity contribution in [2.24, 2.45) is 0 Å². The van der Waals surface area contributed by atoms with Gasteiger partial charge in [-0.2, -0.15) is 0 Å². The van der Waals surface area contributed by atoms with E-state index in [-0.39, 0.29) is 19.3 Å². The minimum atomic E-state index is -1.42. The van der Waals surface area contributed by atoms with Crippen molar-refractivity contribution < 1.29 is 14.2 Å². The Bertz CT molecular complexity index is 1340. The van der Waals surface area contributed by atoms with E-state index in [4.69, 9.17) is 9.84 Å². The monoisotopic (exact) mass is 515 g/mol. The van der Waals surface area contributed by atoms with Crippen molar-refractivity contribution in [3.8, 4) is 17.7 Å². The standard InChI is InChI=1S/C26H26FN9O2/c27-22(16-37)17-38-18-23-15-34(10-11-36(23)26-29-6-1-7-30-26)25-32-13-21(14-33-25)3-2-20-4-5-24(31-12-20)35-9-8-28-19-35/h1,4-9,12-14,19,22-23,37H,10-11,15-18H2/t22?,23-/m1/s1. The Morgan fingerprint density at radius 2 is 1.76 bits per heavy atom. The van der Waals surface area contributed by atoms with Crippen LogP contribution in [0, 0.1) is 11.8 Å². The zero-order chi connectivity index (χ0) is 26.2. The second-order valence-electron chi connectivity index (χ2n) is 8.56. The summed E-state index contributed by atoms with van der Waals surface area (Å²) in [6.07, 6.45) is 12.3. The second-order valence-corrected chi connectivity index (χ2v) is 8.56. The largest absolute Gasteiger partial charge is 0.393 e. The molecule has 1 saturated heterocycles. The maximum Gasteiger partial charge on any atom is 0.225 e. The Balaban J connectivity index is 1.24. The average molecular weight is 516 g/mol. The number of hydrogen-bond donors (Lipinski definition) is 1. The van der Waals surface area contributed by atoms with Crippen LogP contribution < -0.4 is 9.80 Å². The molecule has 1 aliphatic rings. The fourth-order valence-corrected chi connectivity index (χ4v) is 3.97. The summed E-state index contributed by atoms with van der Waals surface area (Å²) in [6.45, 7) is 1.29.